The van der Waals surface area contributed by atoms with Crippen molar-refractivity contribution >= 4 is 33.3 Å². The van der Waals surface area contributed by atoms with Crippen molar-refractivity contribution in [3.8, 4) is 0 Å². The third-order valence-corrected chi connectivity index (χ3v) is 4.58. The van der Waals surface area contributed by atoms with Gasteiger partial charge in [0.2, 0.25) is 0 Å². The fraction of sp³-hybridized carbons (Fsp3) is 0.385. The average molecular weight is 285 g/mol. The average Bonchev–Trinajstić information content (AvgIpc) is 2.71. The number of aromatic nitrogens is 1. The summed E-state index contributed by atoms with van der Waals surface area (Å²) in [7, 11) is -0.777. The maximum absolute atomic E-state index is 11.2. The molecule has 3 nitrogen and oxygen atoms in total. The summed E-state index contributed by atoms with van der Waals surface area (Å²) in [4.78, 5) is 3.21. The molecule has 0 saturated heterocycles. The Hall–Kier alpha value is -0.840. The molecule has 0 aliphatic rings. The molecule has 2 rings (SSSR count). The minimum absolute atomic E-state index is 0.171. The lowest BCUT2D eigenvalue weighted by molar-refractivity contribution is 0.648. The van der Waals surface area contributed by atoms with Gasteiger partial charge in [0.25, 0.3) is 0 Å². The van der Waals surface area contributed by atoms with Crippen LogP contribution in [0.25, 0.3) is 10.9 Å². The van der Waals surface area contributed by atoms with Crippen LogP contribution in [0.1, 0.15) is 12.5 Å². The highest BCUT2D eigenvalue weighted by Crippen LogP contribution is 2.21. The summed E-state index contributed by atoms with van der Waals surface area (Å²) in [6.45, 7) is 3.50. The van der Waals surface area contributed by atoms with Crippen LogP contribution in [0.5, 0.6) is 0 Å². The van der Waals surface area contributed by atoms with E-state index in [4.69, 9.17) is 11.6 Å². The molecule has 0 saturated carbocycles. The quantitative estimate of drug-likeness (QED) is 0.887. The summed E-state index contributed by atoms with van der Waals surface area (Å²) >= 11 is 5.94. The van der Waals surface area contributed by atoms with Gasteiger partial charge in [-0.05, 0) is 24.6 Å². The van der Waals surface area contributed by atoms with Crippen molar-refractivity contribution in [3.05, 3.63) is 35.0 Å². The molecule has 98 valence electrons. The van der Waals surface area contributed by atoms with Gasteiger partial charge in [-0.25, -0.2) is 0 Å². The molecule has 1 heterocycles. The molecule has 0 fully saturated rings. The molecular formula is C13H17ClN2OS. The Morgan fingerprint density at radius 1 is 1.50 bits per heavy atom. The first-order valence-electron chi connectivity index (χ1n) is 5.86. The molecule has 2 atom stereocenters. The third kappa shape index (κ3) is 3.13. The number of H-pyrrole nitrogens is 1. The van der Waals surface area contributed by atoms with Crippen LogP contribution in [-0.4, -0.2) is 27.2 Å². The smallest absolute Gasteiger partial charge is 0.0472 e. The second kappa shape index (κ2) is 5.87. The lowest BCUT2D eigenvalue weighted by Crippen LogP contribution is -2.27. The molecule has 1 aromatic heterocycles. The van der Waals surface area contributed by atoms with Gasteiger partial charge in [-0.2, -0.15) is 0 Å². The van der Waals surface area contributed by atoms with Gasteiger partial charge in [0.1, 0.15) is 0 Å². The van der Waals surface area contributed by atoms with Crippen LogP contribution in [0.3, 0.4) is 0 Å². The first kappa shape index (κ1) is 13.6. The molecule has 0 aliphatic carbocycles. The molecule has 1 aromatic carbocycles. The van der Waals surface area contributed by atoms with Crippen LogP contribution < -0.4 is 5.32 Å². The highest BCUT2D eigenvalue weighted by Gasteiger charge is 2.07. The van der Waals surface area contributed by atoms with E-state index >= 15 is 0 Å². The van der Waals surface area contributed by atoms with E-state index in [2.05, 4.69) is 10.3 Å². The van der Waals surface area contributed by atoms with E-state index in [1.54, 1.807) is 6.26 Å². The third-order valence-electron chi connectivity index (χ3n) is 3.04. The van der Waals surface area contributed by atoms with Crippen LogP contribution in [0, 0.1) is 0 Å². The normalized spacial score (nSPS) is 14.8. The van der Waals surface area contributed by atoms with Crippen LogP contribution >= 0.6 is 11.6 Å². The summed E-state index contributed by atoms with van der Waals surface area (Å²) in [6.07, 6.45) is 3.72. The van der Waals surface area contributed by atoms with Gasteiger partial charge in [0.15, 0.2) is 0 Å². The van der Waals surface area contributed by atoms with Crippen LogP contribution in [0.15, 0.2) is 24.4 Å². The van der Waals surface area contributed by atoms with Gasteiger partial charge < -0.3 is 10.3 Å². The van der Waals surface area contributed by atoms with E-state index in [-0.39, 0.29) is 5.25 Å². The number of hydrogen-bond donors (Lipinski definition) is 2. The predicted octanol–water partition coefficient (Wildman–Crippen LogP) is 2.68. The zero-order chi connectivity index (χ0) is 13.1. The van der Waals surface area contributed by atoms with Gasteiger partial charge in [0, 0.05) is 57.5 Å². The van der Waals surface area contributed by atoms with Gasteiger partial charge in [0.05, 0.1) is 0 Å². The summed E-state index contributed by atoms with van der Waals surface area (Å²) < 4.78 is 11.2. The first-order chi connectivity index (χ1) is 8.58. The highest BCUT2D eigenvalue weighted by atomic mass is 35.5. The van der Waals surface area contributed by atoms with Crippen LogP contribution in [-0.2, 0) is 17.3 Å². The standard InChI is InChI=1S/C13H17ClN2OS/c1-9(18(2)17)6-15-7-10-8-16-13-5-11(14)3-4-12(10)13/h3-5,8-9,15-16H,6-7H2,1-2H3. The SMILES string of the molecule is CC(CNCc1c[nH]c2cc(Cl)ccc12)S(C)=O. The number of rotatable bonds is 5. The fourth-order valence-electron chi connectivity index (χ4n) is 1.83. The van der Waals surface area contributed by atoms with E-state index in [0.717, 1.165) is 23.6 Å². The Balaban J connectivity index is 2.02. The second-order valence-corrected chi connectivity index (χ2v) is 6.68. The lowest BCUT2D eigenvalue weighted by Gasteiger charge is -2.09. The molecular weight excluding hydrogens is 268 g/mol. The Bertz CT molecular complexity index is 567. The Labute approximate surface area is 114 Å². The first-order valence-corrected chi connectivity index (χ1v) is 7.86. The molecule has 18 heavy (non-hydrogen) atoms. The monoisotopic (exact) mass is 284 g/mol. The summed E-state index contributed by atoms with van der Waals surface area (Å²) in [5.41, 5.74) is 2.25. The fourth-order valence-corrected chi connectivity index (χ4v) is 2.36. The zero-order valence-electron chi connectivity index (χ0n) is 10.5. The van der Waals surface area contributed by atoms with Gasteiger partial charge >= 0.3 is 0 Å². The summed E-state index contributed by atoms with van der Waals surface area (Å²) in [5.74, 6) is 0. The Morgan fingerprint density at radius 2 is 2.28 bits per heavy atom. The highest BCUT2D eigenvalue weighted by molar-refractivity contribution is 7.84. The van der Waals surface area contributed by atoms with Crippen molar-refractivity contribution in [2.45, 2.75) is 18.7 Å². The van der Waals surface area contributed by atoms with Crippen molar-refractivity contribution in [3.63, 3.8) is 0 Å². The number of benzene rings is 1. The Morgan fingerprint density at radius 3 is 3.00 bits per heavy atom. The van der Waals surface area contributed by atoms with Crippen molar-refractivity contribution in [1.82, 2.24) is 10.3 Å². The molecule has 2 N–H and O–H groups in total. The number of fused-ring (bicyclic) bond motifs is 1. The number of nitrogens with one attached hydrogen (secondary N) is 2. The molecule has 5 heteroatoms. The van der Waals surface area contributed by atoms with Crippen LogP contribution in [0.2, 0.25) is 5.02 Å². The topological polar surface area (TPSA) is 44.9 Å². The molecule has 2 aromatic rings. The zero-order valence-corrected chi connectivity index (χ0v) is 12.1. The van der Waals surface area contributed by atoms with E-state index < -0.39 is 10.8 Å². The molecule has 0 radical (unpaired) electrons. The molecule has 2 unspecified atom stereocenters. The predicted molar refractivity (Wildman–Crippen MR) is 78.5 cm³/mol. The molecule has 0 bridgehead atoms. The molecule has 0 aliphatic heterocycles. The van der Waals surface area contributed by atoms with Crippen molar-refractivity contribution < 1.29 is 4.21 Å². The number of halogens is 1. The Kier molecular flexibility index (Phi) is 4.43. The van der Waals surface area contributed by atoms with Crippen molar-refractivity contribution in [2.24, 2.45) is 0 Å². The van der Waals surface area contributed by atoms with Gasteiger partial charge in [-0.15, -0.1) is 0 Å². The van der Waals surface area contributed by atoms with E-state index in [1.807, 2.05) is 31.3 Å². The minimum Gasteiger partial charge on any atom is -0.361 e. The number of aromatic amines is 1. The van der Waals surface area contributed by atoms with E-state index in [0.29, 0.717) is 0 Å². The van der Waals surface area contributed by atoms with Gasteiger partial charge in [-0.1, -0.05) is 17.7 Å². The molecule has 0 spiro atoms. The molecule has 0 amide bonds. The second-order valence-electron chi connectivity index (χ2n) is 4.44. The van der Waals surface area contributed by atoms with Crippen LogP contribution in [0.4, 0.5) is 0 Å². The van der Waals surface area contributed by atoms with Crippen molar-refractivity contribution in [2.75, 3.05) is 12.8 Å². The van der Waals surface area contributed by atoms with E-state index in [9.17, 15) is 4.21 Å². The van der Waals surface area contributed by atoms with Gasteiger partial charge in [-0.3, -0.25) is 4.21 Å². The maximum atomic E-state index is 11.2. The summed E-state index contributed by atoms with van der Waals surface area (Å²) in [6, 6.07) is 5.83. The number of hydrogen-bond acceptors (Lipinski definition) is 2. The largest absolute Gasteiger partial charge is 0.361 e. The maximum Gasteiger partial charge on any atom is 0.0472 e. The van der Waals surface area contributed by atoms with Crippen molar-refractivity contribution in [1.29, 1.82) is 0 Å². The minimum atomic E-state index is -0.777. The lowest BCUT2D eigenvalue weighted by atomic mass is 10.2. The summed E-state index contributed by atoms with van der Waals surface area (Å²) in [5, 5.41) is 5.41. The van der Waals surface area contributed by atoms with E-state index in [1.165, 1.54) is 10.9 Å².